The third-order valence-corrected chi connectivity index (χ3v) is 32.3. The van der Waals surface area contributed by atoms with E-state index in [1.54, 1.807) is 11.3 Å². The van der Waals surface area contributed by atoms with Crippen LogP contribution in [0.3, 0.4) is 0 Å². The monoisotopic (exact) mass is 1160 g/mol. The van der Waals surface area contributed by atoms with Crippen LogP contribution in [0.25, 0.3) is 0 Å². The highest BCUT2D eigenvalue weighted by molar-refractivity contribution is 6.00. The highest BCUT2D eigenvalue weighted by Gasteiger charge is 2.94. The number of esters is 2. The van der Waals surface area contributed by atoms with Gasteiger partial charge in [0.2, 0.25) is 0 Å². The number of aliphatic hydroxyl groups excluding tert-OH is 1. The summed E-state index contributed by atoms with van der Waals surface area (Å²) in [6.45, 7) is 2.81. The minimum Gasteiger partial charge on any atom is -0.509 e. The number of rotatable bonds is 5. The molecule has 19 aliphatic rings. The first-order valence-electron chi connectivity index (χ1n) is 37.0. The summed E-state index contributed by atoms with van der Waals surface area (Å²) in [5.74, 6) is 15.3. The molecule has 86 heavy (non-hydrogen) atoms. The Kier molecular flexibility index (Phi) is 11.4. The van der Waals surface area contributed by atoms with Gasteiger partial charge in [0, 0.05) is 73.1 Å². The lowest BCUT2D eigenvalue weighted by atomic mass is 9.27. The molecule has 20 unspecified atom stereocenters. The summed E-state index contributed by atoms with van der Waals surface area (Å²) < 4.78 is 15.2. The van der Waals surface area contributed by atoms with E-state index in [0.29, 0.717) is 119 Å². The molecule has 0 aromatic heterocycles. The van der Waals surface area contributed by atoms with E-state index in [4.69, 9.17) is 15.2 Å². The molecule has 8 heteroatoms. The molecule has 1 aromatic rings. The van der Waals surface area contributed by atoms with Gasteiger partial charge in [0.1, 0.15) is 11.2 Å². The average molecular weight is 1160 g/mol. The second kappa shape index (κ2) is 18.5. The van der Waals surface area contributed by atoms with Crippen LogP contribution < -0.4 is 5.73 Å². The minimum atomic E-state index is -1.16. The summed E-state index contributed by atoms with van der Waals surface area (Å²) in [6.07, 6.45) is 46.1. The van der Waals surface area contributed by atoms with Crippen LogP contribution in [0.15, 0.2) is 64.3 Å². The number of ether oxygens (including phenoxy) is 2. The average Bonchev–Trinajstić information content (AvgIpc) is 1.31. The first-order valence-corrected chi connectivity index (χ1v) is 37.0. The van der Waals surface area contributed by atoms with Crippen molar-refractivity contribution in [2.45, 2.75) is 242 Å². The van der Waals surface area contributed by atoms with Crippen LogP contribution in [0.2, 0.25) is 0 Å². The van der Waals surface area contributed by atoms with E-state index >= 15 is 9.59 Å². The number of carbonyl (C=O) groups excluding carboxylic acids is 2. The Morgan fingerprint density at radius 2 is 1.56 bits per heavy atom. The molecule has 1 aromatic carbocycles. The van der Waals surface area contributed by atoms with E-state index in [2.05, 4.69) is 52.0 Å². The predicted octanol–water partition coefficient (Wildman–Crippen LogP) is 15.4. The van der Waals surface area contributed by atoms with E-state index in [-0.39, 0.29) is 47.1 Å². The summed E-state index contributed by atoms with van der Waals surface area (Å²) >= 11 is 0. The Balaban J connectivity index is 0.867. The number of nitrogens with two attached hydrogens (primary N) is 1. The van der Waals surface area contributed by atoms with Crippen LogP contribution in [0, 0.1) is 122 Å². The van der Waals surface area contributed by atoms with Gasteiger partial charge in [-0.2, -0.15) is 0 Å². The number of carbonyl (C=O) groups is 2. The summed E-state index contributed by atoms with van der Waals surface area (Å²) in [5, 5.41) is 14.5. The van der Waals surface area contributed by atoms with Gasteiger partial charge in [-0.3, -0.25) is 9.69 Å². The van der Waals surface area contributed by atoms with Crippen molar-refractivity contribution in [1.29, 1.82) is 0 Å². The molecule has 0 radical (unpaired) electrons. The number of aryl methyl sites for hydroxylation is 1. The van der Waals surface area contributed by atoms with Crippen molar-refractivity contribution < 1.29 is 24.2 Å². The second-order valence-electron chi connectivity index (χ2n) is 34.1. The van der Waals surface area contributed by atoms with Gasteiger partial charge in [0.05, 0.1) is 11.0 Å². The topological polar surface area (TPSA) is 105 Å². The van der Waals surface area contributed by atoms with E-state index in [0.717, 1.165) is 62.2 Å². The summed E-state index contributed by atoms with van der Waals surface area (Å²) in [6, 6.07) is 7.56. The van der Waals surface area contributed by atoms with Crippen LogP contribution >= 0.6 is 0 Å². The highest BCUT2D eigenvalue weighted by atomic mass is 16.6. The van der Waals surface area contributed by atoms with Crippen molar-refractivity contribution in [1.82, 2.24) is 9.80 Å². The van der Waals surface area contributed by atoms with Gasteiger partial charge >= 0.3 is 11.9 Å². The van der Waals surface area contributed by atoms with Crippen LogP contribution in [0.5, 0.6) is 0 Å². The molecule has 7 aliphatic heterocycles. The maximum atomic E-state index is 17.2. The van der Waals surface area contributed by atoms with Gasteiger partial charge < -0.3 is 25.2 Å². The number of aliphatic hydroxyl groups is 1. The maximum Gasteiger partial charge on any atom is 0.339 e. The molecule has 11 bridgehead atoms. The molecule has 6 spiro atoms. The van der Waals surface area contributed by atoms with Crippen molar-refractivity contribution in [2.24, 2.45) is 116 Å². The van der Waals surface area contributed by atoms with Crippen molar-refractivity contribution in [3.05, 3.63) is 81.0 Å². The highest BCUT2D eigenvalue weighted by Crippen LogP contribution is 2.89. The molecule has 456 valence electrons. The molecule has 11 fully saturated rings. The Bertz CT molecular complexity index is 3300. The third-order valence-electron chi connectivity index (χ3n) is 32.3. The quantitative estimate of drug-likeness (QED) is 0.171. The lowest BCUT2D eigenvalue weighted by Gasteiger charge is -2.73. The molecule has 3 saturated heterocycles. The van der Waals surface area contributed by atoms with Gasteiger partial charge in [0.15, 0.2) is 11.4 Å². The molecule has 0 amide bonds. The first kappa shape index (κ1) is 52.9. The molecule has 20 rings (SSSR count). The minimum absolute atomic E-state index is 0.0997. The van der Waals surface area contributed by atoms with E-state index in [9.17, 15) is 5.11 Å². The largest absolute Gasteiger partial charge is 0.509 e. The lowest BCUT2D eigenvalue weighted by molar-refractivity contribution is -0.282. The fourth-order valence-electron chi connectivity index (χ4n) is 30.1. The standard InChI is InChI=1S/C78H99N3O5/c79-35-12-19-47-18-9-22-60-65(47)71(83)86-78(60)64-39-48(45-14-3-1-4-15-45)24-25-49-37-57-56(46-16-5-2-6-17-46)38-51-36-50-26-27-54-58-43-81-68(50)59(54)44-80-61(58)23-10-20-53-21-11-31-74(53)32-13-33-75(74)42-52(41-73(75)29-7-8-30-73)62(80)40-63(82)70-76(78)34-28-55(66(57)69(51)81)67(49)77(64,76)72(84)85-70/h9,18,22,24-25,45-46,48-50,52-54,56-59,61-62,64,66,68,82H,1-8,11-17,19,21,23,26-44,79H2. The lowest BCUT2D eigenvalue weighted by Crippen LogP contribution is -2.78. The zero-order valence-electron chi connectivity index (χ0n) is 51.9. The molecule has 20 atom stereocenters. The zero-order valence-corrected chi connectivity index (χ0v) is 51.9. The van der Waals surface area contributed by atoms with Crippen molar-refractivity contribution in [3.8, 4) is 11.8 Å². The molecule has 8 saturated carbocycles. The Hall–Kier alpha value is -3.80. The van der Waals surface area contributed by atoms with Crippen molar-refractivity contribution in [2.75, 3.05) is 19.6 Å². The SMILES string of the molecule is NCCCc1cccc2c1C(=O)OC21C2CC(C3CCCCC3)C=CC3CC4C5C6=C3C23C(=O)OC(=C(O)CC2C7CC8(CCCC8)C8(CCCC89CCCC9C#CCC8C9CN%10C5=C(CC5CCC9C(CN28)C5%10)CC4C2CCCCC2)C7)C31CC6. The van der Waals surface area contributed by atoms with Gasteiger partial charge in [-0.1, -0.05) is 119 Å². The first-order chi connectivity index (χ1) is 42.2. The van der Waals surface area contributed by atoms with Crippen LogP contribution in [-0.4, -0.2) is 64.6 Å². The van der Waals surface area contributed by atoms with Crippen LogP contribution in [-0.2, 0) is 26.3 Å². The molecule has 8 nitrogen and oxygen atoms in total. The van der Waals surface area contributed by atoms with E-state index in [1.807, 2.05) is 5.57 Å². The van der Waals surface area contributed by atoms with Gasteiger partial charge in [-0.25, -0.2) is 4.79 Å². The predicted molar refractivity (Wildman–Crippen MR) is 331 cm³/mol. The Labute approximate surface area is 513 Å². The Morgan fingerprint density at radius 1 is 0.721 bits per heavy atom. The number of piperidine rings is 2. The maximum absolute atomic E-state index is 17.2. The molecular formula is C78H99N3O5. The Morgan fingerprint density at radius 3 is 2.41 bits per heavy atom. The number of fused-ring (bicyclic) bond motifs is 7. The molecule has 12 aliphatic carbocycles. The number of hydrogen-bond acceptors (Lipinski definition) is 8. The second-order valence-corrected chi connectivity index (χ2v) is 34.1. The normalized spacial score (nSPS) is 48.6. The number of hydrogen-bond donors (Lipinski definition) is 2. The summed E-state index contributed by atoms with van der Waals surface area (Å²) in [7, 11) is 0. The number of allylic oxidation sites excluding steroid dienone is 4. The molecule has 7 heterocycles. The van der Waals surface area contributed by atoms with Crippen LogP contribution in [0.1, 0.15) is 233 Å². The van der Waals surface area contributed by atoms with Gasteiger partial charge in [-0.05, 0) is 233 Å². The van der Waals surface area contributed by atoms with Crippen molar-refractivity contribution in [3.63, 3.8) is 0 Å². The summed E-state index contributed by atoms with van der Waals surface area (Å²) in [5.41, 5.74) is 13.2. The van der Waals surface area contributed by atoms with E-state index in [1.165, 1.54) is 173 Å². The fourth-order valence-corrected chi connectivity index (χ4v) is 30.1. The number of nitrogens with zero attached hydrogens (tertiary/aromatic N) is 2. The number of benzene rings is 1. The van der Waals surface area contributed by atoms with Gasteiger partial charge in [0.25, 0.3) is 0 Å². The van der Waals surface area contributed by atoms with Crippen LogP contribution in [0.4, 0.5) is 0 Å². The summed E-state index contributed by atoms with van der Waals surface area (Å²) in [4.78, 5) is 39.3. The molecular weight excluding hydrogens is 1060 g/mol. The van der Waals surface area contributed by atoms with Gasteiger partial charge in [-0.15, -0.1) is 5.92 Å². The fraction of sp³-hybridized carbons (Fsp3) is 0.769. The van der Waals surface area contributed by atoms with Crippen molar-refractivity contribution >= 4 is 11.9 Å². The zero-order chi connectivity index (χ0) is 56.8. The third kappa shape index (κ3) is 6.18. The smallest absolute Gasteiger partial charge is 0.339 e. The molecule has 3 N–H and O–H groups in total. The van der Waals surface area contributed by atoms with E-state index < -0.39 is 16.4 Å².